The number of rotatable bonds is 4. The van der Waals surface area contributed by atoms with Crippen LogP contribution in [0.3, 0.4) is 0 Å². The van der Waals surface area contributed by atoms with Crippen molar-refractivity contribution in [2.75, 3.05) is 32.6 Å². The molecule has 1 aliphatic heterocycles. The Bertz CT molecular complexity index is 684. The van der Waals surface area contributed by atoms with Gasteiger partial charge in [0, 0.05) is 46.7 Å². The first-order valence-corrected chi connectivity index (χ1v) is 7.44. The summed E-state index contributed by atoms with van der Waals surface area (Å²) in [5.41, 5.74) is 1.41. The third kappa shape index (κ3) is 3.02. The fourth-order valence-corrected chi connectivity index (χ4v) is 2.85. The SMILES string of the molecule is CNc1ccc(C(=O)N2C[C@@H](OC)[C@H](c3cn(C)nn3)C2)cn1. The lowest BCUT2D eigenvalue weighted by Gasteiger charge is -2.15. The summed E-state index contributed by atoms with van der Waals surface area (Å²) in [5.74, 6) is 0.714. The third-order valence-electron chi connectivity index (χ3n) is 4.12. The summed E-state index contributed by atoms with van der Waals surface area (Å²) in [6, 6.07) is 3.57. The minimum atomic E-state index is -0.0832. The van der Waals surface area contributed by atoms with Gasteiger partial charge in [-0.25, -0.2) is 4.98 Å². The summed E-state index contributed by atoms with van der Waals surface area (Å²) in [7, 11) is 5.27. The van der Waals surface area contributed by atoms with E-state index in [0.29, 0.717) is 18.7 Å². The number of carbonyl (C=O) groups is 1. The van der Waals surface area contributed by atoms with Gasteiger partial charge in [-0.3, -0.25) is 9.48 Å². The minimum absolute atomic E-state index is 0.0298. The molecule has 0 unspecified atom stereocenters. The molecule has 2 aromatic rings. The Labute approximate surface area is 134 Å². The lowest BCUT2D eigenvalue weighted by atomic mass is 10.0. The van der Waals surface area contributed by atoms with E-state index >= 15 is 0 Å². The van der Waals surface area contributed by atoms with Crippen molar-refractivity contribution >= 4 is 11.7 Å². The summed E-state index contributed by atoms with van der Waals surface area (Å²) in [5, 5.41) is 11.1. The summed E-state index contributed by atoms with van der Waals surface area (Å²) < 4.78 is 7.20. The largest absolute Gasteiger partial charge is 0.379 e. The van der Waals surface area contributed by atoms with E-state index in [1.54, 1.807) is 42.1 Å². The molecule has 1 N–H and O–H groups in total. The van der Waals surface area contributed by atoms with Gasteiger partial charge in [-0.1, -0.05) is 5.21 Å². The summed E-state index contributed by atoms with van der Waals surface area (Å²) in [6.07, 6.45) is 3.37. The molecule has 1 aliphatic rings. The molecule has 0 saturated carbocycles. The molecule has 3 rings (SSSR count). The molecule has 8 nitrogen and oxygen atoms in total. The smallest absolute Gasteiger partial charge is 0.255 e. The van der Waals surface area contributed by atoms with E-state index < -0.39 is 0 Å². The van der Waals surface area contributed by atoms with E-state index in [-0.39, 0.29) is 17.9 Å². The van der Waals surface area contributed by atoms with Crippen LogP contribution in [0, 0.1) is 0 Å². The number of hydrogen-bond acceptors (Lipinski definition) is 6. The molecule has 0 radical (unpaired) electrons. The fourth-order valence-electron chi connectivity index (χ4n) is 2.85. The van der Waals surface area contributed by atoms with Crippen LogP contribution >= 0.6 is 0 Å². The van der Waals surface area contributed by atoms with Crippen LogP contribution in [0.25, 0.3) is 0 Å². The Hall–Kier alpha value is -2.48. The van der Waals surface area contributed by atoms with Gasteiger partial charge in [0.2, 0.25) is 0 Å². The first kappa shape index (κ1) is 15.4. The molecule has 8 heteroatoms. The monoisotopic (exact) mass is 316 g/mol. The van der Waals surface area contributed by atoms with Gasteiger partial charge in [0.1, 0.15) is 5.82 Å². The van der Waals surface area contributed by atoms with Crippen molar-refractivity contribution in [3.8, 4) is 0 Å². The molecule has 2 atom stereocenters. The molecular weight excluding hydrogens is 296 g/mol. The van der Waals surface area contributed by atoms with E-state index in [4.69, 9.17) is 4.74 Å². The number of ether oxygens (including phenoxy) is 1. The van der Waals surface area contributed by atoms with Crippen LogP contribution in [-0.2, 0) is 11.8 Å². The second kappa shape index (κ2) is 6.33. The van der Waals surface area contributed by atoms with E-state index in [0.717, 1.165) is 11.5 Å². The average Bonchev–Trinajstić information content (AvgIpc) is 3.20. The van der Waals surface area contributed by atoms with Crippen molar-refractivity contribution in [1.82, 2.24) is 24.9 Å². The molecule has 1 saturated heterocycles. The highest BCUT2D eigenvalue weighted by Crippen LogP contribution is 2.29. The average molecular weight is 316 g/mol. The zero-order valence-electron chi connectivity index (χ0n) is 13.4. The first-order chi connectivity index (χ1) is 11.1. The van der Waals surface area contributed by atoms with E-state index in [1.165, 1.54) is 0 Å². The number of nitrogens with one attached hydrogen (secondary N) is 1. The Kier molecular flexibility index (Phi) is 4.24. The van der Waals surface area contributed by atoms with Crippen LogP contribution in [0.1, 0.15) is 22.0 Å². The predicted molar refractivity (Wildman–Crippen MR) is 84.2 cm³/mol. The maximum atomic E-state index is 12.7. The number of anilines is 1. The second-order valence-electron chi connectivity index (χ2n) is 5.59. The molecule has 2 aromatic heterocycles. The Balaban J connectivity index is 1.76. The lowest BCUT2D eigenvalue weighted by Crippen LogP contribution is -2.30. The van der Waals surface area contributed by atoms with Gasteiger partial charge >= 0.3 is 0 Å². The topological polar surface area (TPSA) is 85.2 Å². The molecule has 0 bridgehead atoms. The highest BCUT2D eigenvalue weighted by Gasteiger charge is 2.38. The highest BCUT2D eigenvalue weighted by atomic mass is 16.5. The normalized spacial score (nSPS) is 20.7. The number of nitrogens with zero attached hydrogens (tertiary/aromatic N) is 5. The molecule has 1 fully saturated rings. The Morgan fingerprint density at radius 1 is 1.39 bits per heavy atom. The molecule has 122 valence electrons. The number of methoxy groups -OCH3 is 1. The molecule has 0 spiro atoms. The number of pyridine rings is 1. The standard InChI is InChI=1S/C15H20N6O2/c1-16-14-5-4-10(6-17-14)15(22)21-7-11(13(9-21)23-3)12-8-20(2)19-18-12/h4-6,8,11,13H,7,9H2,1-3H3,(H,16,17)/t11-,13+/m0/s1. The van der Waals surface area contributed by atoms with E-state index in [2.05, 4.69) is 20.6 Å². The van der Waals surface area contributed by atoms with Gasteiger partial charge in [-0.2, -0.15) is 0 Å². The molecule has 3 heterocycles. The van der Waals surface area contributed by atoms with Crippen molar-refractivity contribution in [3.05, 3.63) is 35.8 Å². The molecule has 1 amide bonds. The van der Waals surface area contributed by atoms with Crippen molar-refractivity contribution in [1.29, 1.82) is 0 Å². The number of aromatic nitrogens is 4. The number of amides is 1. The second-order valence-corrected chi connectivity index (χ2v) is 5.59. The van der Waals surface area contributed by atoms with Crippen LogP contribution < -0.4 is 5.32 Å². The minimum Gasteiger partial charge on any atom is -0.379 e. The predicted octanol–water partition coefficient (Wildman–Crippen LogP) is 0.506. The zero-order valence-corrected chi connectivity index (χ0v) is 13.4. The van der Waals surface area contributed by atoms with Crippen LogP contribution in [0.2, 0.25) is 0 Å². The zero-order chi connectivity index (χ0) is 16.4. The Morgan fingerprint density at radius 3 is 2.78 bits per heavy atom. The first-order valence-electron chi connectivity index (χ1n) is 7.44. The van der Waals surface area contributed by atoms with Crippen LogP contribution in [-0.4, -0.2) is 64.1 Å². The highest BCUT2D eigenvalue weighted by molar-refractivity contribution is 5.94. The van der Waals surface area contributed by atoms with Gasteiger partial charge < -0.3 is 15.0 Å². The maximum absolute atomic E-state index is 12.7. The number of carbonyl (C=O) groups excluding carboxylic acids is 1. The molecule has 0 aliphatic carbocycles. The molecule has 23 heavy (non-hydrogen) atoms. The lowest BCUT2D eigenvalue weighted by molar-refractivity contribution is 0.0714. The fraction of sp³-hybridized carbons (Fsp3) is 0.467. The maximum Gasteiger partial charge on any atom is 0.255 e. The molecular formula is C15H20N6O2. The van der Waals surface area contributed by atoms with E-state index in [9.17, 15) is 4.79 Å². The molecule has 0 aromatic carbocycles. The van der Waals surface area contributed by atoms with Gasteiger partial charge in [0.05, 0.1) is 23.3 Å². The number of hydrogen-bond donors (Lipinski definition) is 1. The van der Waals surface area contributed by atoms with Crippen LogP contribution in [0.15, 0.2) is 24.5 Å². The van der Waals surface area contributed by atoms with Crippen molar-refractivity contribution in [3.63, 3.8) is 0 Å². The van der Waals surface area contributed by atoms with E-state index in [1.807, 2.05) is 13.2 Å². The Morgan fingerprint density at radius 2 is 2.22 bits per heavy atom. The summed E-state index contributed by atoms with van der Waals surface area (Å²) >= 11 is 0. The van der Waals surface area contributed by atoms with Gasteiger partial charge in [-0.15, -0.1) is 5.10 Å². The number of likely N-dealkylation sites (tertiary alicyclic amines) is 1. The van der Waals surface area contributed by atoms with Crippen molar-refractivity contribution in [2.45, 2.75) is 12.0 Å². The number of aryl methyl sites for hydroxylation is 1. The quantitative estimate of drug-likeness (QED) is 0.884. The summed E-state index contributed by atoms with van der Waals surface area (Å²) in [6.45, 7) is 1.09. The van der Waals surface area contributed by atoms with Gasteiger partial charge in [0.25, 0.3) is 5.91 Å². The van der Waals surface area contributed by atoms with Crippen molar-refractivity contribution < 1.29 is 9.53 Å². The van der Waals surface area contributed by atoms with Gasteiger partial charge in [-0.05, 0) is 12.1 Å². The van der Waals surface area contributed by atoms with Gasteiger partial charge in [0.15, 0.2) is 0 Å². The van der Waals surface area contributed by atoms with Crippen LogP contribution in [0.4, 0.5) is 5.82 Å². The summed E-state index contributed by atoms with van der Waals surface area (Å²) in [4.78, 5) is 18.6. The third-order valence-corrected chi connectivity index (χ3v) is 4.12. The van der Waals surface area contributed by atoms with Crippen LogP contribution in [0.5, 0.6) is 0 Å². The van der Waals surface area contributed by atoms with Crippen molar-refractivity contribution in [2.24, 2.45) is 7.05 Å².